The van der Waals surface area contributed by atoms with Gasteiger partial charge >= 0.3 is 0 Å². The summed E-state index contributed by atoms with van der Waals surface area (Å²) in [5, 5.41) is 14.9. The molecule has 3 aromatic rings. The van der Waals surface area contributed by atoms with Crippen LogP contribution in [-0.4, -0.2) is 53.1 Å². The monoisotopic (exact) mass is 477 g/mol. The zero-order valence-corrected chi connectivity index (χ0v) is 18.8. The Bertz CT molecular complexity index is 1220. The third-order valence-electron chi connectivity index (χ3n) is 6.21. The fourth-order valence-electron chi connectivity index (χ4n) is 4.66. The molecule has 0 saturated carbocycles. The van der Waals surface area contributed by atoms with E-state index in [0.29, 0.717) is 28.5 Å². The van der Waals surface area contributed by atoms with Gasteiger partial charge in [0.05, 0.1) is 25.0 Å². The highest BCUT2D eigenvalue weighted by Gasteiger charge is 2.41. The molecule has 1 saturated heterocycles. The number of fused-ring (bicyclic) bond motifs is 2. The fourth-order valence-corrected chi connectivity index (χ4v) is 5.35. The van der Waals surface area contributed by atoms with Crippen LogP contribution in [-0.2, 0) is 16.0 Å². The number of hydroxylamine groups is 2. The van der Waals surface area contributed by atoms with Crippen molar-refractivity contribution >= 4 is 51.9 Å². The third kappa shape index (κ3) is 3.50. The lowest BCUT2D eigenvalue weighted by atomic mass is 9.93. The lowest BCUT2D eigenvalue weighted by Gasteiger charge is -2.47. The summed E-state index contributed by atoms with van der Waals surface area (Å²) >= 11 is 12.6. The van der Waals surface area contributed by atoms with E-state index in [1.165, 1.54) is 12.4 Å². The molecule has 11 heteroatoms. The minimum absolute atomic E-state index is 0.0421. The number of morpholine rings is 1. The van der Waals surface area contributed by atoms with E-state index in [4.69, 9.17) is 38.1 Å². The Morgan fingerprint density at radius 3 is 2.97 bits per heavy atom. The van der Waals surface area contributed by atoms with Crippen molar-refractivity contribution in [3.63, 3.8) is 0 Å². The Balaban J connectivity index is 1.42. The predicted octanol–water partition coefficient (Wildman–Crippen LogP) is 3.46. The number of nitrogen functional groups attached to an aromatic ring is 1. The van der Waals surface area contributed by atoms with Crippen molar-refractivity contribution < 1.29 is 13.9 Å². The van der Waals surface area contributed by atoms with Gasteiger partial charge in [-0.15, -0.1) is 0 Å². The molecule has 4 heterocycles. The SMILES string of the molecule is C[C@H]1c2c(Cl)cc(Cl)cc2CCN1C(=O)[C@H]1C[N@@+]([O-])(c2cncc3nc(N)oc23)CCO1. The number of pyridine rings is 1. The summed E-state index contributed by atoms with van der Waals surface area (Å²) in [5.74, 6) is -0.246. The summed E-state index contributed by atoms with van der Waals surface area (Å²) in [6.07, 6.45) is 2.63. The maximum Gasteiger partial charge on any atom is 0.293 e. The van der Waals surface area contributed by atoms with Gasteiger partial charge in [-0.25, -0.2) is 0 Å². The standard InChI is InChI=1S/C21H21Cl2N5O4/c1-11-18-12(6-13(22)7-14(18)23)2-3-27(11)20(29)17-10-28(30,4-5-31-17)16-9-25-8-15-19(16)32-21(24)26-15/h6-9,11,17H,2-5,10H2,1H3,(H2,24,26)/t11-,17+,28+/m0/s1. The Morgan fingerprint density at radius 1 is 1.34 bits per heavy atom. The number of aromatic nitrogens is 2. The van der Waals surface area contributed by atoms with E-state index in [2.05, 4.69) is 9.97 Å². The number of hydrogen-bond donors (Lipinski definition) is 1. The number of carbonyl (C=O) groups is 1. The van der Waals surface area contributed by atoms with Crippen molar-refractivity contribution in [2.75, 3.05) is 32.0 Å². The molecular weight excluding hydrogens is 457 g/mol. The Hall–Kier alpha value is -2.43. The molecule has 0 spiro atoms. The highest BCUT2D eigenvalue weighted by molar-refractivity contribution is 6.35. The lowest BCUT2D eigenvalue weighted by Crippen LogP contribution is -2.60. The van der Waals surface area contributed by atoms with Gasteiger partial charge < -0.3 is 29.6 Å². The second-order valence-corrected chi connectivity index (χ2v) is 8.98. The van der Waals surface area contributed by atoms with E-state index in [-0.39, 0.29) is 48.9 Å². The first-order chi connectivity index (χ1) is 15.3. The lowest BCUT2D eigenvalue weighted by molar-refractivity contribution is -0.150. The summed E-state index contributed by atoms with van der Waals surface area (Å²) < 4.78 is 10.4. The summed E-state index contributed by atoms with van der Waals surface area (Å²) in [4.78, 5) is 23.3. The molecule has 1 aromatic carbocycles. The number of halogens is 2. The van der Waals surface area contributed by atoms with Crippen molar-refractivity contribution in [1.29, 1.82) is 0 Å². The Labute approximate surface area is 193 Å². The van der Waals surface area contributed by atoms with E-state index in [9.17, 15) is 10.0 Å². The van der Waals surface area contributed by atoms with E-state index in [1.807, 2.05) is 13.0 Å². The van der Waals surface area contributed by atoms with E-state index < -0.39 is 10.8 Å². The fraction of sp³-hybridized carbons (Fsp3) is 0.381. The second kappa shape index (κ2) is 7.86. The minimum Gasteiger partial charge on any atom is -0.627 e. The quantitative estimate of drug-likeness (QED) is 0.443. The number of hydrogen-bond acceptors (Lipinski definition) is 7. The molecule has 1 fully saturated rings. The van der Waals surface area contributed by atoms with Gasteiger partial charge in [-0.05, 0) is 36.6 Å². The molecule has 9 nitrogen and oxygen atoms in total. The molecule has 3 atom stereocenters. The van der Waals surface area contributed by atoms with Crippen LogP contribution in [0.15, 0.2) is 28.9 Å². The van der Waals surface area contributed by atoms with Crippen molar-refractivity contribution in [1.82, 2.24) is 19.5 Å². The minimum atomic E-state index is -0.910. The van der Waals surface area contributed by atoms with Crippen LogP contribution in [0.3, 0.4) is 0 Å². The van der Waals surface area contributed by atoms with Crippen molar-refractivity contribution in [2.45, 2.75) is 25.5 Å². The number of amides is 1. The largest absolute Gasteiger partial charge is 0.627 e. The van der Waals surface area contributed by atoms with Crippen LogP contribution in [0, 0.1) is 5.21 Å². The summed E-state index contributed by atoms with van der Waals surface area (Å²) in [7, 11) is 0. The number of anilines is 1. The zero-order valence-electron chi connectivity index (χ0n) is 17.3. The summed E-state index contributed by atoms with van der Waals surface area (Å²) in [5.41, 5.74) is 8.53. The Morgan fingerprint density at radius 2 is 2.16 bits per heavy atom. The highest BCUT2D eigenvalue weighted by Crippen LogP contribution is 2.38. The van der Waals surface area contributed by atoms with Crippen LogP contribution in [0.4, 0.5) is 11.7 Å². The molecule has 0 aliphatic carbocycles. The molecule has 0 bridgehead atoms. The second-order valence-electron chi connectivity index (χ2n) is 8.13. The van der Waals surface area contributed by atoms with Crippen molar-refractivity contribution in [3.05, 3.63) is 50.9 Å². The van der Waals surface area contributed by atoms with Gasteiger partial charge in [0, 0.05) is 16.6 Å². The van der Waals surface area contributed by atoms with Gasteiger partial charge in [0.25, 0.3) is 11.9 Å². The molecule has 32 heavy (non-hydrogen) atoms. The first-order valence-electron chi connectivity index (χ1n) is 10.3. The first kappa shape index (κ1) is 21.4. The average molecular weight is 478 g/mol. The van der Waals surface area contributed by atoms with Gasteiger partial charge in [0.1, 0.15) is 18.6 Å². The summed E-state index contributed by atoms with van der Waals surface area (Å²) in [6.45, 7) is 2.53. The van der Waals surface area contributed by atoms with Crippen molar-refractivity contribution in [3.8, 4) is 0 Å². The maximum atomic E-state index is 13.8. The molecule has 168 valence electrons. The average Bonchev–Trinajstić information content (AvgIpc) is 3.13. The zero-order chi connectivity index (χ0) is 22.6. The number of carbonyl (C=O) groups excluding carboxylic acids is 1. The van der Waals surface area contributed by atoms with Gasteiger partial charge in [0.15, 0.2) is 11.8 Å². The van der Waals surface area contributed by atoms with Crippen molar-refractivity contribution in [2.24, 2.45) is 0 Å². The number of benzene rings is 1. The number of oxazole rings is 1. The molecular formula is C21H21Cl2N5O4. The number of nitrogens with zero attached hydrogens (tertiary/aromatic N) is 4. The first-order valence-corrected chi connectivity index (χ1v) is 11.0. The molecule has 2 N–H and O–H groups in total. The van der Waals surface area contributed by atoms with Crippen LogP contribution in [0.5, 0.6) is 0 Å². The van der Waals surface area contributed by atoms with Gasteiger partial charge in [0.2, 0.25) is 5.58 Å². The highest BCUT2D eigenvalue weighted by atomic mass is 35.5. The normalized spacial score (nSPS) is 25.7. The van der Waals surface area contributed by atoms with E-state index in [0.717, 1.165) is 11.1 Å². The number of quaternary nitrogens is 1. The molecule has 0 unspecified atom stereocenters. The summed E-state index contributed by atoms with van der Waals surface area (Å²) in [6, 6.07) is 3.25. The number of nitrogens with two attached hydrogens (primary N) is 1. The van der Waals surface area contributed by atoms with Crippen LogP contribution < -0.4 is 10.4 Å². The van der Waals surface area contributed by atoms with E-state index >= 15 is 0 Å². The van der Waals surface area contributed by atoms with Gasteiger partial charge in [-0.2, -0.15) is 4.98 Å². The van der Waals surface area contributed by atoms with Gasteiger partial charge in [-0.1, -0.05) is 23.2 Å². The number of rotatable bonds is 2. The van der Waals surface area contributed by atoms with Crippen LogP contribution >= 0.6 is 23.2 Å². The maximum absolute atomic E-state index is 13.8. The molecule has 2 aliphatic rings. The van der Waals surface area contributed by atoms with Crippen LogP contribution in [0.25, 0.3) is 11.1 Å². The van der Waals surface area contributed by atoms with E-state index in [1.54, 1.807) is 11.0 Å². The number of ether oxygens (including phenoxy) is 1. The molecule has 0 radical (unpaired) electrons. The smallest absolute Gasteiger partial charge is 0.293 e. The Kier molecular flexibility index (Phi) is 5.26. The molecule has 2 aliphatic heterocycles. The van der Waals surface area contributed by atoms with Gasteiger partial charge in [-0.3, -0.25) is 9.78 Å². The third-order valence-corrected chi connectivity index (χ3v) is 6.74. The predicted molar refractivity (Wildman–Crippen MR) is 121 cm³/mol. The van der Waals surface area contributed by atoms with Crippen LogP contribution in [0.1, 0.15) is 24.1 Å². The topological polar surface area (TPSA) is 118 Å². The molecule has 5 rings (SSSR count). The van der Waals surface area contributed by atoms with Crippen LogP contribution in [0.2, 0.25) is 10.0 Å². The molecule has 1 amide bonds. The molecule has 2 aromatic heterocycles.